The first-order valence-corrected chi connectivity index (χ1v) is 7.83. The molecule has 1 amide bonds. The Hall–Kier alpha value is -1.16. The van der Waals surface area contributed by atoms with Gasteiger partial charge in [-0.3, -0.25) is 4.79 Å². The van der Waals surface area contributed by atoms with Gasteiger partial charge in [-0.25, -0.2) is 13.2 Å². The molecule has 0 fully saturated rings. The molecule has 98 valence electrons. The number of carbonyl (C=O) groups is 2. The van der Waals surface area contributed by atoms with Crippen molar-refractivity contribution in [3.8, 4) is 0 Å². The van der Waals surface area contributed by atoms with Gasteiger partial charge in [0.2, 0.25) is 5.91 Å². The van der Waals surface area contributed by atoms with Crippen LogP contribution in [0.5, 0.6) is 0 Å². The van der Waals surface area contributed by atoms with Crippen LogP contribution in [-0.2, 0) is 14.6 Å². The van der Waals surface area contributed by atoms with Crippen LogP contribution < -0.4 is 5.32 Å². The van der Waals surface area contributed by atoms with Crippen molar-refractivity contribution in [3.05, 3.63) is 27.3 Å². The van der Waals surface area contributed by atoms with E-state index in [4.69, 9.17) is 5.11 Å². The molecular weight excluding hydrogens is 373 g/mol. The van der Waals surface area contributed by atoms with Crippen LogP contribution in [0, 0.1) is 3.57 Å². The van der Waals surface area contributed by atoms with Gasteiger partial charge in [0.15, 0.2) is 9.84 Å². The van der Waals surface area contributed by atoms with Crippen molar-refractivity contribution in [2.75, 3.05) is 17.3 Å². The van der Waals surface area contributed by atoms with Crippen molar-refractivity contribution in [2.45, 2.75) is 0 Å². The number of carboxylic acid groups (broad SMARTS) is 1. The predicted octanol–water partition coefficient (Wildman–Crippen LogP) is 0.972. The van der Waals surface area contributed by atoms with Crippen LogP contribution in [0.3, 0.4) is 0 Å². The van der Waals surface area contributed by atoms with Crippen molar-refractivity contribution < 1.29 is 23.1 Å². The molecule has 2 N–H and O–H groups in total. The Morgan fingerprint density at radius 1 is 1.39 bits per heavy atom. The number of nitrogens with one attached hydrogen (secondary N) is 1. The molecule has 6 nitrogen and oxygen atoms in total. The Balaban J connectivity index is 2.98. The summed E-state index contributed by atoms with van der Waals surface area (Å²) in [5.74, 6) is -2.64. The Kier molecular flexibility index (Phi) is 4.68. The fourth-order valence-electron chi connectivity index (χ4n) is 1.23. The third-order valence-electron chi connectivity index (χ3n) is 1.88. The van der Waals surface area contributed by atoms with Gasteiger partial charge < -0.3 is 10.4 Å². The van der Waals surface area contributed by atoms with Crippen LogP contribution in [0.1, 0.15) is 10.4 Å². The highest BCUT2D eigenvalue weighted by Crippen LogP contribution is 2.19. The monoisotopic (exact) mass is 383 g/mol. The molecule has 1 rings (SSSR count). The van der Waals surface area contributed by atoms with Gasteiger partial charge in [0.25, 0.3) is 0 Å². The highest BCUT2D eigenvalue weighted by atomic mass is 127. The normalized spacial score (nSPS) is 11.0. The molecule has 0 spiro atoms. The maximum Gasteiger partial charge on any atom is 0.337 e. The second-order valence-electron chi connectivity index (χ2n) is 3.61. The second-order valence-corrected chi connectivity index (χ2v) is 7.00. The summed E-state index contributed by atoms with van der Waals surface area (Å²) in [6.45, 7) is 0. The lowest BCUT2D eigenvalue weighted by molar-refractivity contribution is -0.113. The molecule has 0 atom stereocenters. The molecule has 0 unspecified atom stereocenters. The second kappa shape index (κ2) is 5.65. The van der Waals surface area contributed by atoms with E-state index in [1.54, 1.807) is 6.07 Å². The van der Waals surface area contributed by atoms with Crippen molar-refractivity contribution in [2.24, 2.45) is 0 Å². The third kappa shape index (κ3) is 4.61. The van der Waals surface area contributed by atoms with Gasteiger partial charge in [-0.05, 0) is 40.8 Å². The number of anilines is 1. The van der Waals surface area contributed by atoms with Gasteiger partial charge in [-0.15, -0.1) is 0 Å². The first-order valence-electron chi connectivity index (χ1n) is 4.69. The molecule has 18 heavy (non-hydrogen) atoms. The minimum Gasteiger partial charge on any atom is -0.478 e. The van der Waals surface area contributed by atoms with E-state index in [9.17, 15) is 18.0 Å². The van der Waals surface area contributed by atoms with Crippen molar-refractivity contribution >= 4 is 50.0 Å². The molecular formula is C10H10INO5S. The van der Waals surface area contributed by atoms with E-state index in [-0.39, 0.29) is 11.3 Å². The summed E-state index contributed by atoms with van der Waals surface area (Å²) in [7, 11) is -3.45. The molecule has 1 aromatic rings. The SMILES string of the molecule is CS(=O)(=O)CC(=O)Nc1ccc(I)cc1C(=O)O. The van der Waals surface area contributed by atoms with E-state index in [0.29, 0.717) is 3.57 Å². The molecule has 8 heteroatoms. The molecule has 0 radical (unpaired) electrons. The number of sulfone groups is 1. The average Bonchev–Trinajstić information content (AvgIpc) is 2.17. The maximum absolute atomic E-state index is 11.4. The van der Waals surface area contributed by atoms with Gasteiger partial charge in [-0.2, -0.15) is 0 Å². The third-order valence-corrected chi connectivity index (χ3v) is 3.34. The van der Waals surface area contributed by atoms with E-state index in [1.165, 1.54) is 12.1 Å². The van der Waals surface area contributed by atoms with Crippen molar-refractivity contribution in [3.63, 3.8) is 0 Å². The molecule has 0 heterocycles. The summed E-state index contributed by atoms with van der Waals surface area (Å²) in [5.41, 5.74) is 0.000294. The number of rotatable bonds is 4. The van der Waals surface area contributed by atoms with Crippen LogP contribution in [0.15, 0.2) is 18.2 Å². The van der Waals surface area contributed by atoms with E-state index in [2.05, 4.69) is 5.32 Å². The van der Waals surface area contributed by atoms with Gasteiger partial charge in [-0.1, -0.05) is 0 Å². The van der Waals surface area contributed by atoms with E-state index in [1.807, 2.05) is 22.6 Å². The molecule has 0 saturated heterocycles. The number of aromatic carboxylic acids is 1. The van der Waals surface area contributed by atoms with Gasteiger partial charge in [0.05, 0.1) is 11.3 Å². The zero-order valence-electron chi connectivity index (χ0n) is 9.31. The van der Waals surface area contributed by atoms with Crippen LogP contribution in [0.2, 0.25) is 0 Å². The summed E-state index contributed by atoms with van der Waals surface area (Å²) in [6, 6.07) is 4.42. The highest BCUT2D eigenvalue weighted by Gasteiger charge is 2.15. The van der Waals surface area contributed by atoms with E-state index < -0.39 is 27.5 Å². The number of hydrogen-bond acceptors (Lipinski definition) is 4. The van der Waals surface area contributed by atoms with Gasteiger partial charge in [0.1, 0.15) is 5.75 Å². The van der Waals surface area contributed by atoms with Gasteiger partial charge in [0, 0.05) is 9.83 Å². The van der Waals surface area contributed by atoms with E-state index >= 15 is 0 Å². The number of carbonyl (C=O) groups excluding carboxylic acids is 1. The fourth-order valence-corrected chi connectivity index (χ4v) is 2.27. The molecule has 0 aliphatic carbocycles. The number of carboxylic acids is 1. The molecule has 0 aliphatic rings. The summed E-state index contributed by atoms with van der Waals surface area (Å²) in [5, 5.41) is 11.2. The maximum atomic E-state index is 11.4. The van der Waals surface area contributed by atoms with Crippen LogP contribution in [-0.4, -0.2) is 37.4 Å². The minimum atomic E-state index is -3.45. The van der Waals surface area contributed by atoms with Crippen LogP contribution in [0.4, 0.5) is 5.69 Å². The highest BCUT2D eigenvalue weighted by molar-refractivity contribution is 14.1. The lowest BCUT2D eigenvalue weighted by Crippen LogP contribution is -2.23. The lowest BCUT2D eigenvalue weighted by atomic mass is 10.2. The summed E-state index contributed by atoms with van der Waals surface area (Å²) in [6.07, 6.45) is 0.929. The zero-order chi connectivity index (χ0) is 13.9. The summed E-state index contributed by atoms with van der Waals surface area (Å²) >= 11 is 1.94. The predicted molar refractivity (Wildman–Crippen MR) is 74.5 cm³/mol. The number of benzene rings is 1. The Morgan fingerprint density at radius 2 is 2.00 bits per heavy atom. The molecule has 0 bridgehead atoms. The topological polar surface area (TPSA) is 101 Å². The van der Waals surface area contributed by atoms with Crippen molar-refractivity contribution in [1.82, 2.24) is 0 Å². The van der Waals surface area contributed by atoms with E-state index in [0.717, 1.165) is 6.26 Å². The van der Waals surface area contributed by atoms with Crippen molar-refractivity contribution in [1.29, 1.82) is 0 Å². The number of amides is 1. The minimum absolute atomic E-state index is 0.0799. The quantitative estimate of drug-likeness (QED) is 0.755. The Labute approximate surface area is 117 Å². The molecule has 1 aromatic carbocycles. The number of halogens is 1. The van der Waals surface area contributed by atoms with Crippen LogP contribution in [0.25, 0.3) is 0 Å². The Morgan fingerprint density at radius 3 is 2.50 bits per heavy atom. The first kappa shape index (κ1) is 14.9. The standard InChI is InChI=1S/C10H10INO5S/c1-18(16,17)5-9(13)12-8-3-2-6(11)4-7(8)10(14)15/h2-4H,5H2,1H3,(H,12,13)(H,14,15). The summed E-state index contributed by atoms with van der Waals surface area (Å²) < 4.78 is 22.6. The van der Waals surface area contributed by atoms with Crippen LogP contribution >= 0.6 is 22.6 Å². The summed E-state index contributed by atoms with van der Waals surface area (Å²) in [4.78, 5) is 22.4. The Bertz CT molecular complexity index is 596. The average molecular weight is 383 g/mol. The van der Waals surface area contributed by atoms with Gasteiger partial charge >= 0.3 is 5.97 Å². The molecule has 0 saturated carbocycles. The smallest absolute Gasteiger partial charge is 0.337 e. The fraction of sp³-hybridized carbons (Fsp3) is 0.200. The molecule has 0 aliphatic heterocycles. The lowest BCUT2D eigenvalue weighted by Gasteiger charge is -2.08. The first-order chi connectivity index (χ1) is 8.19. The molecule has 0 aromatic heterocycles. The zero-order valence-corrected chi connectivity index (χ0v) is 12.3. The largest absolute Gasteiger partial charge is 0.478 e. The number of hydrogen-bond donors (Lipinski definition) is 2.